The van der Waals surface area contributed by atoms with E-state index in [-0.39, 0.29) is 5.31 Å². The van der Waals surface area contributed by atoms with Crippen LogP contribution in [-0.2, 0) is 18.1 Å². The zero-order valence-corrected chi connectivity index (χ0v) is 19.6. The standard InChI is InChI=1S/C20H30O6P2/c1-17(2)18(3,4)24-27(21,23-17)14-16(15-12-10-9-11-13-15)28(22)25-19(5,6)20(7,8)26-28/h9-14H,1-8H3/b16-14-. The van der Waals surface area contributed by atoms with Gasteiger partial charge in [0.15, 0.2) is 11.1 Å². The van der Waals surface area contributed by atoms with Crippen molar-refractivity contribution in [2.75, 3.05) is 0 Å². The first-order valence-corrected chi connectivity index (χ1v) is 12.5. The molecule has 3 rings (SSSR count). The van der Waals surface area contributed by atoms with Gasteiger partial charge < -0.3 is 9.79 Å². The van der Waals surface area contributed by atoms with Gasteiger partial charge in [0.2, 0.25) is 0 Å². The molecule has 0 N–H and O–H groups in total. The van der Waals surface area contributed by atoms with Crippen LogP contribution in [0.4, 0.5) is 0 Å². The van der Waals surface area contributed by atoms with Gasteiger partial charge in [0.1, 0.15) is 22.4 Å². The van der Waals surface area contributed by atoms with Gasteiger partial charge in [0.05, 0.1) is 0 Å². The van der Waals surface area contributed by atoms with Crippen molar-refractivity contribution in [2.45, 2.75) is 77.8 Å². The second-order valence-corrected chi connectivity index (χ2v) is 12.9. The van der Waals surface area contributed by atoms with Crippen molar-refractivity contribution in [3.8, 4) is 0 Å². The first-order chi connectivity index (χ1) is 12.5. The van der Waals surface area contributed by atoms with Crippen molar-refractivity contribution in [2.24, 2.45) is 0 Å². The molecule has 0 aromatic heterocycles. The number of hydrogen-bond donors (Lipinski definition) is 0. The van der Waals surface area contributed by atoms with Gasteiger partial charge in [-0.25, -0.2) is 0 Å². The van der Waals surface area contributed by atoms with Crippen LogP contribution >= 0.6 is 15.9 Å². The normalized spacial score (nSPS) is 29.0. The Morgan fingerprint density at radius 3 is 1.54 bits per heavy atom. The van der Waals surface area contributed by atoms with Crippen LogP contribution in [0, 0.1) is 0 Å². The molecule has 8 heteroatoms. The van der Waals surface area contributed by atoms with Gasteiger partial charge in [-0.15, -0.1) is 0 Å². The van der Waals surface area contributed by atoms with Crippen LogP contribution in [0.25, 0.3) is 5.31 Å². The lowest BCUT2D eigenvalue weighted by Crippen LogP contribution is -2.41. The second-order valence-electron chi connectivity index (χ2n) is 9.32. The van der Waals surface area contributed by atoms with Crippen LogP contribution in [0.3, 0.4) is 0 Å². The molecule has 0 unspecified atom stereocenters. The summed E-state index contributed by atoms with van der Waals surface area (Å²) in [6, 6.07) is 9.01. The first-order valence-electron chi connectivity index (χ1n) is 9.34. The molecule has 0 spiro atoms. The van der Waals surface area contributed by atoms with Crippen LogP contribution in [-0.4, -0.2) is 22.4 Å². The lowest BCUT2D eigenvalue weighted by Gasteiger charge is -2.27. The number of hydrogen-bond acceptors (Lipinski definition) is 6. The topological polar surface area (TPSA) is 83.0 Å². The maximum Gasteiger partial charge on any atom is 0.277 e. The molecule has 2 aliphatic rings. The van der Waals surface area contributed by atoms with E-state index in [0.717, 1.165) is 0 Å². The van der Waals surface area contributed by atoms with Crippen molar-refractivity contribution >= 4 is 21.2 Å². The second kappa shape index (κ2) is 6.54. The third-order valence-corrected chi connectivity index (χ3v) is 10.5. The van der Waals surface area contributed by atoms with Gasteiger partial charge in [0, 0.05) is 5.56 Å². The molecule has 0 saturated carbocycles. The van der Waals surface area contributed by atoms with E-state index in [0.29, 0.717) is 5.56 Å². The molecule has 28 heavy (non-hydrogen) atoms. The molecule has 0 amide bonds. The third-order valence-electron chi connectivity index (χ3n) is 5.95. The van der Waals surface area contributed by atoms with Crippen LogP contribution in [0.15, 0.2) is 36.1 Å². The van der Waals surface area contributed by atoms with Crippen LogP contribution in [0.1, 0.15) is 61.0 Å². The van der Waals surface area contributed by atoms with Gasteiger partial charge in [0.25, 0.3) is 15.9 Å². The molecule has 156 valence electrons. The fraction of sp³-hybridized carbons (Fsp3) is 0.600. The third kappa shape index (κ3) is 3.71. The van der Waals surface area contributed by atoms with Crippen LogP contribution in [0.2, 0.25) is 0 Å². The van der Waals surface area contributed by atoms with E-state index in [1.165, 1.54) is 5.82 Å². The summed E-state index contributed by atoms with van der Waals surface area (Å²) in [5.41, 5.74) is -2.60. The first kappa shape index (κ1) is 22.3. The van der Waals surface area contributed by atoms with Crippen molar-refractivity contribution in [1.82, 2.24) is 0 Å². The highest BCUT2D eigenvalue weighted by atomic mass is 31.2. The molecule has 0 radical (unpaired) electrons. The Balaban J connectivity index is 2.12. The minimum atomic E-state index is -3.79. The molecular weight excluding hydrogens is 398 g/mol. The van der Waals surface area contributed by atoms with Crippen molar-refractivity contribution in [3.63, 3.8) is 0 Å². The fourth-order valence-electron chi connectivity index (χ4n) is 2.93. The Bertz CT molecular complexity index is 753. The fourth-order valence-corrected chi connectivity index (χ4v) is 8.56. The number of benzene rings is 1. The molecule has 1 aromatic carbocycles. The van der Waals surface area contributed by atoms with Crippen LogP contribution in [0.5, 0.6) is 0 Å². The zero-order chi connectivity index (χ0) is 21.2. The molecule has 1 aromatic rings. The zero-order valence-electron chi connectivity index (χ0n) is 17.8. The highest BCUT2D eigenvalue weighted by molar-refractivity contribution is 7.72. The summed E-state index contributed by atoms with van der Waals surface area (Å²) in [6.07, 6.45) is 0. The van der Waals surface area contributed by atoms with Crippen LogP contribution < -0.4 is 9.79 Å². The molecular formula is C20H30O6P2. The average Bonchev–Trinajstić information content (AvgIpc) is 2.78. The van der Waals surface area contributed by atoms with Gasteiger partial charge >= 0.3 is 0 Å². The van der Waals surface area contributed by atoms with Crippen molar-refractivity contribution < 1.29 is 27.9 Å². The van der Waals surface area contributed by atoms with E-state index in [1.54, 1.807) is 12.1 Å². The summed E-state index contributed by atoms with van der Waals surface area (Å²) in [5, 5.41) is 0.198. The highest BCUT2D eigenvalue weighted by Crippen LogP contribution is 2.78. The lowest BCUT2D eigenvalue weighted by atomic mass is 9.90. The minimum Gasteiger partial charge on any atom is -0.627 e. The molecule has 2 fully saturated rings. The predicted molar refractivity (Wildman–Crippen MR) is 109 cm³/mol. The Labute approximate surface area is 169 Å². The van der Waals surface area contributed by atoms with Gasteiger partial charge in [-0.2, -0.15) is 18.1 Å². The van der Waals surface area contributed by atoms with E-state index in [2.05, 4.69) is 0 Å². The van der Waals surface area contributed by atoms with E-state index in [4.69, 9.17) is 18.1 Å². The van der Waals surface area contributed by atoms with E-state index >= 15 is 0 Å². The predicted octanol–water partition coefficient (Wildman–Crippen LogP) is 4.44. The summed E-state index contributed by atoms with van der Waals surface area (Å²) in [5.74, 6) is 1.32. The van der Waals surface area contributed by atoms with Gasteiger partial charge in [-0.05, 0) is 55.4 Å². The smallest absolute Gasteiger partial charge is 0.277 e. The maximum atomic E-state index is 13.9. The monoisotopic (exact) mass is 428 g/mol. The Kier molecular flexibility index (Phi) is 5.20. The maximum absolute atomic E-state index is 13.9. The summed E-state index contributed by atoms with van der Waals surface area (Å²) in [7, 11) is -7.50. The van der Waals surface area contributed by atoms with E-state index < -0.39 is 38.3 Å². The Morgan fingerprint density at radius 2 is 1.11 bits per heavy atom. The van der Waals surface area contributed by atoms with E-state index in [1.807, 2.05) is 73.6 Å². The largest absolute Gasteiger partial charge is 0.627 e. The van der Waals surface area contributed by atoms with Crippen molar-refractivity contribution in [1.29, 1.82) is 0 Å². The quantitative estimate of drug-likeness (QED) is 0.662. The summed E-state index contributed by atoms with van der Waals surface area (Å²) >= 11 is 0. The molecule has 0 bridgehead atoms. The highest BCUT2D eigenvalue weighted by Gasteiger charge is 2.65. The molecule has 0 atom stereocenters. The summed E-state index contributed by atoms with van der Waals surface area (Å²) in [6.45, 7) is 14.6. The summed E-state index contributed by atoms with van der Waals surface area (Å²) in [4.78, 5) is 27.3. The van der Waals surface area contributed by atoms with E-state index in [9.17, 15) is 9.79 Å². The lowest BCUT2D eigenvalue weighted by molar-refractivity contribution is -0.209. The molecule has 0 aliphatic carbocycles. The van der Waals surface area contributed by atoms with Crippen molar-refractivity contribution in [3.05, 3.63) is 41.7 Å². The summed E-state index contributed by atoms with van der Waals surface area (Å²) < 4.78 is 23.6. The average molecular weight is 428 g/mol. The minimum absolute atomic E-state index is 0.198. The Morgan fingerprint density at radius 1 is 0.714 bits per heavy atom. The van der Waals surface area contributed by atoms with Gasteiger partial charge in [-0.1, -0.05) is 30.3 Å². The molecule has 2 heterocycles. The number of rotatable bonds is 3. The molecule has 2 saturated heterocycles. The van der Waals surface area contributed by atoms with Gasteiger partial charge in [-0.3, -0.25) is 0 Å². The molecule has 6 nitrogen and oxygen atoms in total. The SMILES string of the molecule is CC1(C)O[P+]([O-])(/C=C(/c2ccccc2)[P+]2([O-])OC(C)(C)C(C)(C)O2)OC1(C)C. The Hall–Kier alpha value is -0.420. The molecule has 2 aliphatic heterocycles.